The number of unbranched alkanes of at least 4 members (excludes halogenated alkanes) is 56. The molecule has 0 aromatic carbocycles. The molecule has 2 unspecified atom stereocenters. The van der Waals surface area contributed by atoms with Crippen LogP contribution in [0.2, 0.25) is 0 Å². The van der Waals surface area contributed by atoms with Crippen molar-refractivity contribution in [2.75, 3.05) is 39.6 Å². The van der Waals surface area contributed by atoms with Crippen LogP contribution >= 0.6 is 15.6 Å². The van der Waals surface area contributed by atoms with Crippen molar-refractivity contribution in [3.63, 3.8) is 0 Å². The molecule has 3 N–H and O–H groups in total. The van der Waals surface area contributed by atoms with Crippen molar-refractivity contribution < 1.29 is 80.2 Å². The summed E-state index contributed by atoms with van der Waals surface area (Å²) in [4.78, 5) is 73.2. The Hall–Kier alpha value is -2.46. The van der Waals surface area contributed by atoms with E-state index in [-0.39, 0.29) is 25.7 Å². The zero-order chi connectivity index (χ0) is 79.0. The van der Waals surface area contributed by atoms with E-state index in [1.54, 1.807) is 0 Å². The molecule has 0 fully saturated rings. The van der Waals surface area contributed by atoms with Crippen molar-refractivity contribution >= 4 is 39.5 Å². The van der Waals surface area contributed by atoms with E-state index in [1.165, 1.54) is 270 Å². The predicted octanol–water partition coefficient (Wildman–Crippen LogP) is 27.1. The maximum Gasteiger partial charge on any atom is 0.472 e. The number of allylic oxidation sites excluding steroid dienone is 4. The lowest BCUT2D eigenvalue weighted by Crippen LogP contribution is -2.30. The number of aliphatic hydroxyl groups is 1. The van der Waals surface area contributed by atoms with E-state index in [9.17, 15) is 43.2 Å². The monoisotopic (exact) mass is 1570 g/mol. The van der Waals surface area contributed by atoms with Gasteiger partial charge in [0.2, 0.25) is 0 Å². The Morgan fingerprint density at radius 3 is 0.759 bits per heavy atom. The zero-order valence-electron chi connectivity index (χ0n) is 70.5. The van der Waals surface area contributed by atoms with Crippen molar-refractivity contribution in [2.45, 2.75) is 477 Å². The minimum Gasteiger partial charge on any atom is -0.462 e. The van der Waals surface area contributed by atoms with Crippen molar-refractivity contribution in [3.8, 4) is 0 Å². The topological polar surface area (TPSA) is 237 Å². The van der Waals surface area contributed by atoms with Crippen LogP contribution in [0, 0.1) is 5.92 Å². The number of carbonyl (C=O) groups excluding carboxylic acids is 4. The van der Waals surface area contributed by atoms with Gasteiger partial charge in [-0.2, -0.15) is 0 Å². The lowest BCUT2D eigenvalue weighted by atomic mass is 10.0. The Morgan fingerprint density at radius 2 is 0.500 bits per heavy atom. The Bertz CT molecular complexity index is 2140. The second kappa shape index (κ2) is 81.1. The van der Waals surface area contributed by atoms with Gasteiger partial charge in [0.1, 0.15) is 19.3 Å². The van der Waals surface area contributed by atoms with Crippen LogP contribution in [0.25, 0.3) is 0 Å². The van der Waals surface area contributed by atoms with Gasteiger partial charge in [-0.25, -0.2) is 9.13 Å². The van der Waals surface area contributed by atoms with Gasteiger partial charge in [0.15, 0.2) is 12.2 Å². The average Bonchev–Trinajstić information content (AvgIpc) is 0.893. The van der Waals surface area contributed by atoms with Gasteiger partial charge in [0.05, 0.1) is 26.4 Å². The summed E-state index contributed by atoms with van der Waals surface area (Å²) in [6, 6.07) is 0. The molecule has 638 valence electrons. The fourth-order valence-electron chi connectivity index (χ4n) is 13.5. The Morgan fingerprint density at radius 1 is 0.287 bits per heavy atom. The molecule has 0 bridgehead atoms. The highest BCUT2D eigenvalue weighted by Gasteiger charge is 2.30. The molecule has 0 aliphatic rings. The third-order valence-electron chi connectivity index (χ3n) is 20.4. The maximum atomic E-state index is 13.2. The van der Waals surface area contributed by atoms with Crippen LogP contribution in [-0.2, 0) is 65.4 Å². The van der Waals surface area contributed by atoms with Crippen molar-refractivity contribution in [1.82, 2.24) is 0 Å². The van der Waals surface area contributed by atoms with Gasteiger partial charge >= 0.3 is 39.5 Å². The van der Waals surface area contributed by atoms with E-state index in [4.69, 9.17) is 37.0 Å². The summed E-state index contributed by atoms with van der Waals surface area (Å²) < 4.78 is 68.9. The predicted molar refractivity (Wildman–Crippen MR) is 446 cm³/mol. The van der Waals surface area contributed by atoms with Gasteiger partial charge in [-0.1, -0.05) is 406 Å². The minimum absolute atomic E-state index is 0.0857. The maximum absolute atomic E-state index is 13.2. The molecule has 0 rings (SSSR count). The summed E-state index contributed by atoms with van der Waals surface area (Å²) in [6.07, 6.45) is 78.7. The summed E-state index contributed by atoms with van der Waals surface area (Å²) in [6.45, 7) is 7.33. The lowest BCUT2D eigenvalue weighted by Gasteiger charge is -2.21. The van der Waals surface area contributed by atoms with Gasteiger partial charge in [-0.15, -0.1) is 0 Å². The van der Waals surface area contributed by atoms with Crippen molar-refractivity contribution in [1.29, 1.82) is 0 Å². The number of carbonyl (C=O) groups is 4. The highest BCUT2D eigenvalue weighted by molar-refractivity contribution is 7.47. The van der Waals surface area contributed by atoms with Gasteiger partial charge in [0, 0.05) is 25.7 Å². The van der Waals surface area contributed by atoms with Gasteiger partial charge in [-0.05, 0) is 57.3 Å². The van der Waals surface area contributed by atoms with E-state index in [0.717, 1.165) is 109 Å². The second-order valence-corrected chi connectivity index (χ2v) is 34.7. The number of aliphatic hydroxyl groups excluding tert-OH is 1. The Balaban J connectivity index is 5.23. The van der Waals surface area contributed by atoms with Crippen LogP contribution in [0.5, 0.6) is 0 Å². The molecule has 0 aliphatic carbocycles. The van der Waals surface area contributed by atoms with E-state index in [0.29, 0.717) is 25.7 Å². The largest absolute Gasteiger partial charge is 0.472 e. The van der Waals surface area contributed by atoms with Crippen LogP contribution in [0.4, 0.5) is 0 Å². The van der Waals surface area contributed by atoms with E-state index < -0.39 is 97.5 Å². The molecule has 0 spiro atoms. The number of phosphoric ester groups is 2. The number of phosphoric acid groups is 2. The molecular weight excluding hydrogens is 1400 g/mol. The molecule has 5 atom stereocenters. The van der Waals surface area contributed by atoms with Crippen LogP contribution in [0.15, 0.2) is 24.3 Å². The molecule has 19 heteroatoms. The Labute approximate surface area is 663 Å². The molecule has 0 amide bonds. The fourth-order valence-corrected chi connectivity index (χ4v) is 15.0. The summed E-state index contributed by atoms with van der Waals surface area (Å²) in [5.74, 6) is -1.31. The summed E-state index contributed by atoms with van der Waals surface area (Å²) in [5.41, 5.74) is 0. The normalized spacial score (nSPS) is 13.9. The summed E-state index contributed by atoms with van der Waals surface area (Å²) in [5, 5.41) is 10.7. The zero-order valence-corrected chi connectivity index (χ0v) is 72.3. The molecule has 108 heavy (non-hydrogen) atoms. The van der Waals surface area contributed by atoms with Crippen LogP contribution in [0.1, 0.15) is 458 Å². The standard InChI is InChI=1S/C89H170O17P2/c1-6-9-12-15-18-21-24-26-28-29-30-31-32-33-38-42-46-50-55-60-65-70-75-89(94)106-85(79-100-87(92)73-68-63-58-53-48-44-41-37-35-34-36-40-43-47-51-56-61-66-71-82(4)5)81-104-108(97,98)102-77-83(90)76-101-107(95,96)103-80-84(78-99-86(91)72-67-62-57-52-23-20-17-14-11-8-3)105-88(93)74-69-64-59-54-49-45-39-27-25-22-19-16-13-10-7-2/h22,25,27,39,82-85,90H,6-21,23-24,26,28-38,40-81H2,1-5H3,(H,95,96)(H,97,98)/b25-22-,39-27-/t83-,84+,85+/m0/s1. The van der Waals surface area contributed by atoms with Crippen molar-refractivity contribution in [3.05, 3.63) is 24.3 Å². The first-order valence-electron chi connectivity index (χ1n) is 45.5. The van der Waals surface area contributed by atoms with Crippen LogP contribution < -0.4 is 0 Å². The summed E-state index contributed by atoms with van der Waals surface area (Å²) in [7, 11) is -9.94. The third kappa shape index (κ3) is 81.6. The first kappa shape index (κ1) is 106. The molecule has 0 radical (unpaired) electrons. The number of esters is 4. The number of hydrogen-bond acceptors (Lipinski definition) is 15. The van der Waals surface area contributed by atoms with Gasteiger partial charge < -0.3 is 33.8 Å². The molecule has 0 saturated carbocycles. The van der Waals surface area contributed by atoms with Crippen LogP contribution in [-0.4, -0.2) is 96.7 Å². The first-order valence-corrected chi connectivity index (χ1v) is 48.4. The Kier molecular flexibility index (Phi) is 79.3. The fraction of sp³-hybridized carbons (Fsp3) is 0.910. The van der Waals surface area contributed by atoms with Gasteiger partial charge in [0.25, 0.3) is 0 Å². The van der Waals surface area contributed by atoms with E-state index in [2.05, 4.69) is 58.9 Å². The molecule has 0 aromatic heterocycles. The lowest BCUT2D eigenvalue weighted by molar-refractivity contribution is -0.161. The molecule has 0 aliphatic heterocycles. The minimum atomic E-state index is -4.97. The molecule has 0 saturated heterocycles. The smallest absolute Gasteiger partial charge is 0.462 e. The van der Waals surface area contributed by atoms with E-state index in [1.807, 2.05) is 0 Å². The number of hydrogen-bond donors (Lipinski definition) is 3. The first-order chi connectivity index (χ1) is 52.5. The summed E-state index contributed by atoms with van der Waals surface area (Å²) >= 11 is 0. The SMILES string of the molecule is CCCCCC/C=C\C=C/CCCCCCCC(=O)O[C@H](COC(=O)CCCCCCCCCCCC)COP(=O)(O)OC[C@H](O)COP(=O)(O)OC[C@@H](COC(=O)CCCCCCCCCCCCCCCCCCCCC(C)C)OC(=O)CCCCCCCCCCCCCCCCCCCCCCCC. The third-order valence-corrected chi connectivity index (χ3v) is 22.3. The highest BCUT2D eigenvalue weighted by atomic mass is 31.2. The number of rotatable bonds is 87. The highest BCUT2D eigenvalue weighted by Crippen LogP contribution is 2.45. The molecule has 0 aromatic rings. The van der Waals surface area contributed by atoms with Crippen molar-refractivity contribution in [2.24, 2.45) is 5.92 Å². The quantitative estimate of drug-likeness (QED) is 0.0169. The number of ether oxygens (including phenoxy) is 4. The van der Waals surface area contributed by atoms with Crippen LogP contribution in [0.3, 0.4) is 0 Å². The average molecular weight is 1570 g/mol. The second-order valence-electron chi connectivity index (χ2n) is 31.8. The van der Waals surface area contributed by atoms with Gasteiger partial charge in [-0.3, -0.25) is 37.3 Å². The van der Waals surface area contributed by atoms with E-state index >= 15 is 0 Å². The molecule has 17 nitrogen and oxygen atoms in total. The molecular formula is C89H170O17P2. The molecule has 0 heterocycles.